The van der Waals surface area contributed by atoms with E-state index in [0.29, 0.717) is 16.9 Å². The Morgan fingerprint density at radius 2 is 2.00 bits per heavy atom. The molecule has 0 aliphatic rings. The highest BCUT2D eigenvalue weighted by Crippen LogP contribution is 2.31. The SMILES string of the molecule is O=Nc1c(-c2ccc([N+](=O)[O-])cc2)nc2cnccn12. The highest BCUT2D eigenvalue weighted by atomic mass is 16.6. The minimum atomic E-state index is -0.490. The molecule has 0 fully saturated rings. The predicted molar refractivity (Wildman–Crippen MR) is 70.5 cm³/mol. The smallest absolute Gasteiger partial charge is 0.269 e. The Morgan fingerprint density at radius 1 is 1.25 bits per heavy atom. The number of nitroso groups, excluding NO2 is 1. The van der Waals surface area contributed by atoms with Crippen molar-refractivity contribution in [2.45, 2.75) is 0 Å². The standard InChI is InChI=1S/C12H7N5O3/c18-15-12-11(14-10-7-13-5-6-16(10)12)8-1-3-9(4-2-8)17(19)20/h1-7H. The second-order valence-electron chi connectivity index (χ2n) is 3.98. The first-order valence-electron chi connectivity index (χ1n) is 5.61. The van der Waals surface area contributed by atoms with E-state index in [1.165, 1.54) is 41.1 Å². The van der Waals surface area contributed by atoms with Crippen LogP contribution in [0.3, 0.4) is 0 Å². The molecule has 0 aliphatic heterocycles. The number of rotatable bonds is 3. The Morgan fingerprint density at radius 3 is 2.65 bits per heavy atom. The summed E-state index contributed by atoms with van der Waals surface area (Å²) in [7, 11) is 0. The van der Waals surface area contributed by atoms with Gasteiger partial charge < -0.3 is 0 Å². The largest absolute Gasteiger partial charge is 0.278 e. The van der Waals surface area contributed by atoms with Crippen LogP contribution in [0, 0.1) is 15.0 Å². The molecule has 0 saturated heterocycles. The monoisotopic (exact) mass is 269 g/mol. The molecule has 0 atom stereocenters. The van der Waals surface area contributed by atoms with E-state index in [0.717, 1.165) is 0 Å². The summed E-state index contributed by atoms with van der Waals surface area (Å²) in [5, 5.41) is 13.6. The second-order valence-corrected chi connectivity index (χ2v) is 3.98. The molecular weight excluding hydrogens is 262 g/mol. The van der Waals surface area contributed by atoms with E-state index in [1.807, 2.05) is 0 Å². The van der Waals surface area contributed by atoms with Crippen molar-refractivity contribution in [3.05, 3.63) is 57.9 Å². The zero-order valence-corrected chi connectivity index (χ0v) is 10.0. The van der Waals surface area contributed by atoms with Crippen molar-refractivity contribution < 1.29 is 4.92 Å². The molecule has 0 N–H and O–H groups in total. The van der Waals surface area contributed by atoms with Crippen LogP contribution in [-0.2, 0) is 0 Å². The lowest BCUT2D eigenvalue weighted by atomic mass is 10.1. The average Bonchev–Trinajstić information content (AvgIpc) is 2.85. The Bertz CT molecular complexity index is 810. The van der Waals surface area contributed by atoms with Gasteiger partial charge in [-0.25, -0.2) is 4.98 Å². The molecule has 3 aromatic rings. The van der Waals surface area contributed by atoms with Crippen LogP contribution in [-0.4, -0.2) is 19.3 Å². The summed E-state index contributed by atoms with van der Waals surface area (Å²) in [5.74, 6) is 0.135. The van der Waals surface area contributed by atoms with Gasteiger partial charge in [0.15, 0.2) is 5.65 Å². The van der Waals surface area contributed by atoms with Gasteiger partial charge in [-0.05, 0) is 17.3 Å². The number of non-ortho nitro benzene ring substituents is 1. The maximum Gasteiger partial charge on any atom is 0.269 e. The van der Waals surface area contributed by atoms with E-state index in [9.17, 15) is 15.0 Å². The van der Waals surface area contributed by atoms with Gasteiger partial charge in [0.05, 0.1) is 11.1 Å². The highest BCUT2D eigenvalue weighted by molar-refractivity contribution is 5.74. The van der Waals surface area contributed by atoms with Crippen molar-refractivity contribution in [3.8, 4) is 11.3 Å². The third-order valence-corrected chi connectivity index (χ3v) is 2.84. The first-order valence-corrected chi connectivity index (χ1v) is 5.61. The van der Waals surface area contributed by atoms with E-state index in [2.05, 4.69) is 15.1 Å². The van der Waals surface area contributed by atoms with Gasteiger partial charge in [-0.1, -0.05) is 0 Å². The number of fused-ring (bicyclic) bond motifs is 1. The number of benzene rings is 1. The molecular formula is C12H7N5O3. The van der Waals surface area contributed by atoms with Gasteiger partial charge >= 0.3 is 0 Å². The number of hydrogen-bond acceptors (Lipinski definition) is 6. The lowest BCUT2D eigenvalue weighted by Crippen LogP contribution is -1.87. The molecule has 0 amide bonds. The van der Waals surface area contributed by atoms with Crippen molar-refractivity contribution >= 4 is 17.2 Å². The Balaban J connectivity index is 2.18. The predicted octanol–water partition coefficient (Wildman–Crippen LogP) is 2.70. The van der Waals surface area contributed by atoms with Crippen LogP contribution in [0.2, 0.25) is 0 Å². The van der Waals surface area contributed by atoms with E-state index in [4.69, 9.17) is 0 Å². The van der Waals surface area contributed by atoms with Crippen LogP contribution in [0.25, 0.3) is 16.9 Å². The number of imidazole rings is 1. The van der Waals surface area contributed by atoms with E-state index >= 15 is 0 Å². The fourth-order valence-corrected chi connectivity index (χ4v) is 1.92. The topological polar surface area (TPSA) is 103 Å². The van der Waals surface area contributed by atoms with Gasteiger partial charge in [-0.2, -0.15) is 0 Å². The molecule has 20 heavy (non-hydrogen) atoms. The number of nitro groups is 1. The minimum absolute atomic E-state index is 0.0280. The van der Waals surface area contributed by atoms with Gasteiger partial charge in [-0.3, -0.25) is 19.5 Å². The maximum absolute atomic E-state index is 11.0. The summed E-state index contributed by atoms with van der Waals surface area (Å²) in [4.78, 5) is 29.3. The fraction of sp³-hybridized carbons (Fsp3) is 0. The van der Waals surface area contributed by atoms with Crippen molar-refractivity contribution in [1.29, 1.82) is 0 Å². The zero-order chi connectivity index (χ0) is 14.1. The number of hydrogen-bond donors (Lipinski definition) is 0. The lowest BCUT2D eigenvalue weighted by Gasteiger charge is -1.97. The molecule has 2 aromatic heterocycles. The van der Waals surface area contributed by atoms with E-state index in [-0.39, 0.29) is 11.5 Å². The van der Waals surface area contributed by atoms with Crippen molar-refractivity contribution in [2.75, 3.05) is 0 Å². The average molecular weight is 269 g/mol. The summed E-state index contributed by atoms with van der Waals surface area (Å²) in [6.07, 6.45) is 4.60. The van der Waals surface area contributed by atoms with Crippen LogP contribution in [0.5, 0.6) is 0 Å². The molecule has 1 aromatic carbocycles. The number of nitro benzene ring substituents is 1. The van der Waals surface area contributed by atoms with Crippen LogP contribution in [0.1, 0.15) is 0 Å². The summed E-state index contributed by atoms with van der Waals surface area (Å²) in [6.45, 7) is 0. The Hall–Kier alpha value is -3.16. The Kier molecular flexibility index (Phi) is 2.68. The molecule has 0 saturated carbocycles. The normalized spacial score (nSPS) is 10.6. The quantitative estimate of drug-likeness (QED) is 0.413. The fourth-order valence-electron chi connectivity index (χ4n) is 1.92. The summed E-state index contributed by atoms with van der Waals surface area (Å²) in [5.41, 5.74) is 1.40. The minimum Gasteiger partial charge on any atom is -0.278 e. The highest BCUT2D eigenvalue weighted by Gasteiger charge is 2.15. The summed E-state index contributed by atoms with van der Waals surface area (Å²) >= 11 is 0. The van der Waals surface area contributed by atoms with E-state index < -0.39 is 4.92 Å². The van der Waals surface area contributed by atoms with Gasteiger partial charge in [0.1, 0.15) is 5.69 Å². The first-order chi connectivity index (χ1) is 9.70. The van der Waals surface area contributed by atoms with Crippen molar-refractivity contribution in [2.24, 2.45) is 5.18 Å². The van der Waals surface area contributed by atoms with Gasteiger partial charge in [-0.15, -0.1) is 4.91 Å². The van der Waals surface area contributed by atoms with Crippen molar-refractivity contribution in [1.82, 2.24) is 14.4 Å². The van der Waals surface area contributed by atoms with Crippen LogP contribution < -0.4 is 0 Å². The van der Waals surface area contributed by atoms with Gasteiger partial charge in [0.2, 0.25) is 5.82 Å². The molecule has 0 radical (unpaired) electrons. The molecule has 2 heterocycles. The number of aromatic nitrogens is 3. The van der Waals surface area contributed by atoms with Crippen LogP contribution >= 0.6 is 0 Å². The maximum atomic E-state index is 11.0. The van der Waals surface area contributed by atoms with Crippen molar-refractivity contribution in [3.63, 3.8) is 0 Å². The Labute approximate surface area is 111 Å². The molecule has 8 nitrogen and oxygen atoms in total. The first kappa shape index (κ1) is 11.9. The molecule has 3 rings (SSSR count). The third-order valence-electron chi connectivity index (χ3n) is 2.84. The molecule has 0 aliphatic carbocycles. The molecule has 0 spiro atoms. The van der Waals surface area contributed by atoms with Gasteiger partial charge in [0.25, 0.3) is 5.69 Å². The number of nitrogens with zero attached hydrogens (tertiary/aromatic N) is 5. The summed E-state index contributed by atoms with van der Waals surface area (Å²) in [6, 6.07) is 5.77. The molecule has 98 valence electrons. The summed E-state index contributed by atoms with van der Waals surface area (Å²) < 4.78 is 1.51. The third kappa shape index (κ3) is 1.79. The molecule has 0 bridgehead atoms. The van der Waals surface area contributed by atoms with Crippen LogP contribution in [0.4, 0.5) is 11.5 Å². The second kappa shape index (κ2) is 4.50. The zero-order valence-electron chi connectivity index (χ0n) is 10.0. The molecule has 8 heteroatoms. The van der Waals surface area contributed by atoms with E-state index in [1.54, 1.807) is 6.20 Å². The van der Waals surface area contributed by atoms with Gasteiger partial charge in [0, 0.05) is 30.1 Å². The molecule has 0 unspecified atom stereocenters. The lowest BCUT2D eigenvalue weighted by molar-refractivity contribution is -0.384. The van der Waals surface area contributed by atoms with Crippen LogP contribution in [0.15, 0.2) is 48.0 Å².